The third-order valence-corrected chi connectivity index (χ3v) is 4.91. The van der Waals surface area contributed by atoms with Crippen molar-refractivity contribution in [3.05, 3.63) is 109 Å². The summed E-state index contributed by atoms with van der Waals surface area (Å²) in [5.74, 6) is 2.86. The lowest BCUT2D eigenvalue weighted by atomic mass is 10.3. The fourth-order valence-corrected chi connectivity index (χ4v) is 3.29. The number of rotatable bonds is 12. The molecule has 4 aromatic rings. The van der Waals surface area contributed by atoms with Crippen molar-refractivity contribution >= 4 is 17.4 Å². The summed E-state index contributed by atoms with van der Waals surface area (Å²) in [6.07, 6.45) is 0. The molecule has 0 fully saturated rings. The molecule has 4 rings (SSSR count). The van der Waals surface area contributed by atoms with E-state index in [0.29, 0.717) is 49.3 Å². The summed E-state index contributed by atoms with van der Waals surface area (Å²) in [5, 5.41) is 5.63. The highest BCUT2D eigenvalue weighted by Gasteiger charge is 2.06. The Kier molecular flexibility index (Phi) is 9.04. The largest absolute Gasteiger partial charge is 0.490 e. The number of carbonyl (C=O) groups excluding carboxylic acids is 1. The van der Waals surface area contributed by atoms with Crippen LogP contribution in [0.15, 0.2) is 109 Å². The van der Waals surface area contributed by atoms with Gasteiger partial charge in [0.25, 0.3) is 0 Å². The third kappa shape index (κ3) is 8.29. The molecule has 2 N–H and O–H groups in total. The molecule has 36 heavy (non-hydrogen) atoms. The van der Waals surface area contributed by atoms with Crippen LogP contribution in [-0.4, -0.2) is 32.5 Å². The fraction of sp³-hybridized carbons (Fsp3) is 0.138. The van der Waals surface area contributed by atoms with Gasteiger partial charge < -0.3 is 29.6 Å². The van der Waals surface area contributed by atoms with Gasteiger partial charge in [0.05, 0.1) is 0 Å². The highest BCUT2D eigenvalue weighted by Crippen LogP contribution is 2.20. The van der Waals surface area contributed by atoms with E-state index in [1.54, 1.807) is 24.3 Å². The van der Waals surface area contributed by atoms with Crippen molar-refractivity contribution < 1.29 is 23.7 Å². The van der Waals surface area contributed by atoms with E-state index in [1.165, 1.54) is 0 Å². The number of anilines is 2. The van der Waals surface area contributed by atoms with Gasteiger partial charge in [-0.2, -0.15) is 0 Å². The van der Waals surface area contributed by atoms with Crippen LogP contribution in [0, 0.1) is 0 Å². The first kappa shape index (κ1) is 24.5. The zero-order valence-electron chi connectivity index (χ0n) is 19.8. The van der Waals surface area contributed by atoms with Crippen molar-refractivity contribution in [3.63, 3.8) is 0 Å². The molecule has 2 amide bonds. The van der Waals surface area contributed by atoms with Crippen molar-refractivity contribution in [3.8, 4) is 23.0 Å². The van der Waals surface area contributed by atoms with Crippen LogP contribution < -0.4 is 29.6 Å². The Morgan fingerprint density at radius 1 is 0.472 bits per heavy atom. The van der Waals surface area contributed by atoms with Crippen LogP contribution in [-0.2, 0) is 0 Å². The highest BCUT2D eigenvalue weighted by molar-refractivity contribution is 5.99. The van der Waals surface area contributed by atoms with E-state index in [2.05, 4.69) is 10.6 Å². The summed E-state index contributed by atoms with van der Waals surface area (Å²) in [6, 6.07) is 33.1. The summed E-state index contributed by atoms with van der Waals surface area (Å²) in [7, 11) is 0. The van der Waals surface area contributed by atoms with Crippen molar-refractivity contribution in [2.45, 2.75) is 0 Å². The molecule has 0 saturated carbocycles. The van der Waals surface area contributed by atoms with Crippen molar-refractivity contribution in [2.24, 2.45) is 0 Å². The second-order valence-corrected chi connectivity index (χ2v) is 7.65. The van der Waals surface area contributed by atoms with Gasteiger partial charge in [-0.1, -0.05) is 48.5 Å². The summed E-state index contributed by atoms with van der Waals surface area (Å²) < 4.78 is 22.7. The summed E-state index contributed by atoms with van der Waals surface area (Å²) in [6.45, 7) is 1.60. The second kappa shape index (κ2) is 13.3. The number of hydrogen-bond donors (Lipinski definition) is 2. The van der Waals surface area contributed by atoms with Crippen molar-refractivity contribution in [1.82, 2.24) is 0 Å². The minimum atomic E-state index is -0.371. The Morgan fingerprint density at radius 2 is 0.833 bits per heavy atom. The number of benzene rings is 4. The zero-order valence-corrected chi connectivity index (χ0v) is 19.8. The van der Waals surface area contributed by atoms with Crippen molar-refractivity contribution in [1.29, 1.82) is 0 Å². The van der Waals surface area contributed by atoms with Crippen LogP contribution in [0.5, 0.6) is 23.0 Å². The quantitative estimate of drug-likeness (QED) is 0.233. The summed E-state index contributed by atoms with van der Waals surface area (Å²) in [5.41, 5.74) is 1.22. The van der Waals surface area contributed by atoms with E-state index < -0.39 is 0 Å². The van der Waals surface area contributed by atoms with E-state index >= 15 is 0 Å². The summed E-state index contributed by atoms with van der Waals surface area (Å²) >= 11 is 0. The number of urea groups is 1. The number of nitrogens with one attached hydrogen (secondary N) is 2. The molecule has 0 spiro atoms. The van der Waals surface area contributed by atoms with Gasteiger partial charge in [-0.15, -0.1) is 0 Å². The first-order valence-electron chi connectivity index (χ1n) is 11.6. The first-order valence-corrected chi connectivity index (χ1v) is 11.6. The SMILES string of the molecule is O=C(Nc1cccc(OCCOc2ccccc2)c1)Nc1cccc(OCCOc2ccccc2)c1. The van der Waals surface area contributed by atoms with E-state index in [0.717, 1.165) is 11.5 Å². The van der Waals surface area contributed by atoms with Crippen LogP contribution in [0.2, 0.25) is 0 Å². The normalized spacial score (nSPS) is 10.2. The monoisotopic (exact) mass is 484 g/mol. The van der Waals surface area contributed by atoms with Crippen LogP contribution in [0.3, 0.4) is 0 Å². The molecular formula is C29H28N2O5. The van der Waals surface area contributed by atoms with Crippen LogP contribution in [0.1, 0.15) is 0 Å². The highest BCUT2D eigenvalue weighted by atomic mass is 16.5. The average Bonchev–Trinajstić information content (AvgIpc) is 2.91. The molecule has 7 nitrogen and oxygen atoms in total. The Bertz CT molecular complexity index is 1120. The second-order valence-electron chi connectivity index (χ2n) is 7.65. The maximum Gasteiger partial charge on any atom is 0.323 e. The van der Waals surface area contributed by atoms with Gasteiger partial charge in [0.15, 0.2) is 0 Å². The molecule has 0 atom stereocenters. The fourth-order valence-electron chi connectivity index (χ4n) is 3.29. The van der Waals surface area contributed by atoms with Crippen LogP contribution in [0.25, 0.3) is 0 Å². The molecule has 0 aromatic heterocycles. The molecule has 7 heteroatoms. The van der Waals surface area contributed by atoms with Crippen LogP contribution in [0.4, 0.5) is 16.2 Å². The van der Waals surface area contributed by atoms with Crippen molar-refractivity contribution in [2.75, 3.05) is 37.1 Å². The predicted molar refractivity (Wildman–Crippen MR) is 140 cm³/mol. The van der Waals surface area contributed by atoms with Gasteiger partial charge >= 0.3 is 6.03 Å². The maximum atomic E-state index is 12.5. The lowest BCUT2D eigenvalue weighted by molar-refractivity contribution is 0.217. The minimum Gasteiger partial charge on any atom is -0.490 e. The molecule has 4 aromatic carbocycles. The zero-order chi connectivity index (χ0) is 24.8. The standard InChI is InChI=1S/C29H28N2O5/c32-29(30-23-9-7-15-27(21-23)35-19-17-33-25-11-3-1-4-12-25)31-24-10-8-16-28(22-24)36-20-18-34-26-13-5-2-6-14-26/h1-16,21-22H,17-20H2,(H2,30,31,32). The minimum absolute atomic E-state index is 0.371. The van der Waals surface area contributed by atoms with E-state index in [1.807, 2.05) is 84.9 Å². The Balaban J connectivity index is 1.19. The molecule has 0 bridgehead atoms. The number of para-hydroxylation sites is 2. The molecule has 0 unspecified atom stereocenters. The van der Waals surface area contributed by atoms with E-state index in [9.17, 15) is 4.79 Å². The number of amides is 2. The Morgan fingerprint density at radius 3 is 1.25 bits per heavy atom. The summed E-state index contributed by atoms with van der Waals surface area (Å²) in [4.78, 5) is 12.5. The maximum absolute atomic E-state index is 12.5. The topological polar surface area (TPSA) is 78.1 Å². The molecule has 0 heterocycles. The predicted octanol–water partition coefficient (Wildman–Crippen LogP) is 6.25. The number of hydrogen-bond acceptors (Lipinski definition) is 5. The van der Waals surface area contributed by atoms with Gasteiger partial charge in [0, 0.05) is 23.5 Å². The smallest absolute Gasteiger partial charge is 0.323 e. The molecular weight excluding hydrogens is 456 g/mol. The molecule has 184 valence electrons. The molecule has 0 aliphatic heterocycles. The van der Waals surface area contributed by atoms with Gasteiger partial charge in [-0.05, 0) is 48.5 Å². The number of ether oxygens (including phenoxy) is 4. The van der Waals surface area contributed by atoms with Gasteiger partial charge in [0.2, 0.25) is 0 Å². The molecule has 0 aliphatic carbocycles. The van der Waals surface area contributed by atoms with Gasteiger partial charge in [0.1, 0.15) is 49.4 Å². The van der Waals surface area contributed by atoms with Crippen LogP contribution >= 0.6 is 0 Å². The van der Waals surface area contributed by atoms with E-state index in [4.69, 9.17) is 18.9 Å². The first-order chi connectivity index (χ1) is 17.7. The van der Waals surface area contributed by atoms with Gasteiger partial charge in [-0.3, -0.25) is 0 Å². The Hall–Kier alpha value is -4.65. The lowest BCUT2D eigenvalue weighted by Gasteiger charge is -2.12. The third-order valence-electron chi connectivity index (χ3n) is 4.91. The van der Waals surface area contributed by atoms with E-state index in [-0.39, 0.29) is 6.03 Å². The number of carbonyl (C=O) groups is 1. The molecule has 0 saturated heterocycles. The molecule has 0 radical (unpaired) electrons. The molecule has 0 aliphatic rings. The average molecular weight is 485 g/mol. The lowest BCUT2D eigenvalue weighted by Crippen LogP contribution is -2.19. The van der Waals surface area contributed by atoms with Gasteiger partial charge in [-0.25, -0.2) is 4.79 Å². The Labute approximate surface area is 210 Å².